The number of halogens is 2. The van der Waals surface area contributed by atoms with Crippen LogP contribution in [0.15, 0.2) is 39.8 Å². The number of rotatable bonds is 3. The maximum atomic E-state index is 12.3. The summed E-state index contributed by atoms with van der Waals surface area (Å²) in [6, 6.07) is 6.09. The van der Waals surface area contributed by atoms with Crippen LogP contribution in [0.3, 0.4) is 0 Å². The van der Waals surface area contributed by atoms with Crippen molar-refractivity contribution in [1.29, 1.82) is 0 Å². The van der Waals surface area contributed by atoms with Crippen molar-refractivity contribution in [2.45, 2.75) is 11.8 Å². The summed E-state index contributed by atoms with van der Waals surface area (Å²) in [6.07, 6.45) is 1.50. The fourth-order valence-electron chi connectivity index (χ4n) is 1.58. The average molecular weight is 377 g/mol. The molecule has 0 aliphatic rings. The van der Waals surface area contributed by atoms with Crippen LogP contribution in [0.25, 0.3) is 0 Å². The van der Waals surface area contributed by atoms with Crippen molar-refractivity contribution < 1.29 is 8.42 Å². The Morgan fingerprint density at radius 1 is 1.35 bits per heavy atom. The summed E-state index contributed by atoms with van der Waals surface area (Å²) < 4.78 is 27.8. The van der Waals surface area contributed by atoms with Gasteiger partial charge in [-0.2, -0.15) is 0 Å². The summed E-state index contributed by atoms with van der Waals surface area (Å²) in [5.41, 5.74) is 6.50. The van der Waals surface area contributed by atoms with Gasteiger partial charge in [-0.05, 0) is 52.7 Å². The molecule has 0 radical (unpaired) electrons. The van der Waals surface area contributed by atoms with Crippen molar-refractivity contribution in [2.24, 2.45) is 0 Å². The highest BCUT2D eigenvalue weighted by Crippen LogP contribution is 2.27. The number of sulfonamides is 1. The molecule has 20 heavy (non-hydrogen) atoms. The molecule has 0 bridgehead atoms. The Morgan fingerprint density at radius 2 is 2.05 bits per heavy atom. The van der Waals surface area contributed by atoms with Gasteiger partial charge in [-0.1, -0.05) is 11.6 Å². The Hall–Kier alpha value is -1.31. The minimum atomic E-state index is -3.79. The van der Waals surface area contributed by atoms with Crippen molar-refractivity contribution >= 4 is 49.1 Å². The first kappa shape index (κ1) is 15.1. The number of nitrogens with two attached hydrogens (primary N) is 1. The van der Waals surface area contributed by atoms with E-state index in [1.165, 1.54) is 18.3 Å². The van der Waals surface area contributed by atoms with E-state index in [0.29, 0.717) is 11.3 Å². The molecular weight excluding hydrogens is 366 g/mol. The fourth-order valence-corrected chi connectivity index (χ4v) is 3.42. The van der Waals surface area contributed by atoms with E-state index in [9.17, 15) is 8.42 Å². The van der Waals surface area contributed by atoms with Crippen molar-refractivity contribution in [1.82, 2.24) is 4.98 Å². The standard InChI is InChI=1S/C12H11BrClN3O2S/c1-7-10(15)4-9(14)5-11(7)20(18,19)17-12-3-2-8(13)6-16-12/h2-6H,15H2,1H3,(H,16,17). The van der Waals surface area contributed by atoms with Gasteiger partial charge in [-0.3, -0.25) is 4.72 Å². The van der Waals surface area contributed by atoms with Crippen molar-refractivity contribution in [3.05, 3.63) is 45.5 Å². The number of benzene rings is 1. The van der Waals surface area contributed by atoms with E-state index >= 15 is 0 Å². The molecule has 8 heteroatoms. The lowest BCUT2D eigenvalue weighted by molar-refractivity contribution is 0.600. The molecule has 1 aromatic carbocycles. The van der Waals surface area contributed by atoms with Crippen LogP contribution in [0.1, 0.15) is 5.56 Å². The zero-order chi connectivity index (χ0) is 14.9. The maximum Gasteiger partial charge on any atom is 0.263 e. The number of nitrogens with zero attached hydrogens (tertiary/aromatic N) is 1. The van der Waals surface area contributed by atoms with Gasteiger partial charge in [-0.25, -0.2) is 13.4 Å². The van der Waals surface area contributed by atoms with Crippen LogP contribution in [0.4, 0.5) is 11.5 Å². The van der Waals surface area contributed by atoms with E-state index in [1.54, 1.807) is 19.1 Å². The minimum absolute atomic E-state index is 0.0345. The van der Waals surface area contributed by atoms with Gasteiger partial charge in [0.15, 0.2) is 0 Å². The lowest BCUT2D eigenvalue weighted by atomic mass is 10.2. The Bertz CT molecular complexity index is 748. The Morgan fingerprint density at radius 3 is 2.65 bits per heavy atom. The summed E-state index contributed by atoms with van der Waals surface area (Å²) in [6.45, 7) is 1.62. The zero-order valence-corrected chi connectivity index (χ0v) is 13.6. The summed E-state index contributed by atoms with van der Waals surface area (Å²) in [5.74, 6) is 0.214. The highest BCUT2D eigenvalue weighted by Gasteiger charge is 2.19. The molecule has 0 amide bonds. The predicted octanol–water partition coefficient (Wildman–Crippen LogP) is 3.19. The van der Waals surface area contributed by atoms with Crippen molar-refractivity contribution in [2.75, 3.05) is 10.5 Å². The van der Waals surface area contributed by atoms with Crippen LogP contribution in [0, 0.1) is 6.92 Å². The third-order valence-electron chi connectivity index (χ3n) is 2.62. The molecular formula is C12H11BrClN3O2S. The predicted molar refractivity (Wildman–Crippen MR) is 83.3 cm³/mol. The number of hydrogen-bond acceptors (Lipinski definition) is 4. The lowest BCUT2D eigenvalue weighted by Crippen LogP contribution is -2.15. The van der Waals surface area contributed by atoms with Crippen molar-refractivity contribution in [3.63, 3.8) is 0 Å². The fraction of sp³-hybridized carbons (Fsp3) is 0.0833. The Balaban J connectivity index is 2.43. The van der Waals surface area contributed by atoms with Gasteiger partial charge >= 0.3 is 0 Å². The van der Waals surface area contributed by atoms with Crippen LogP contribution in [-0.4, -0.2) is 13.4 Å². The zero-order valence-electron chi connectivity index (χ0n) is 10.4. The monoisotopic (exact) mass is 375 g/mol. The highest BCUT2D eigenvalue weighted by molar-refractivity contribution is 9.10. The molecule has 0 fully saturated rings. The Labute approximate surface area is 130 Å². The second kappa shape index (κ2) is 5.59. The molecule has 3 N–H and O–H groups in total. The first-order chi connectivity index (χ1) is 9.29. The highest BCUT2D eigenvalue weighted by atomic mass is 79.9. The van der Waals surface area contributed by atoms with Gasteiger partial charge in [0.05, 0.1) is 4.90 Å². The number of hydrogen-bond donors (Lipinski definition) is 2. The maximum absolute atomic E-state index is 12.3. The molecule has 2 aromatic rings. The number of aromatic nitrogens is 1. The van der Waals surface area contributed by atoms with E-state index in [0.717, 1.165) is 4.47 Å². The summed E-state index contributed by atoms with van der Waals surface area (Å²) in [7, 11) is -3.79. The van der Waals surface area contributed by atoms with Gasteiger partial charge in [-0.15, -0.1) is 0 Å². The van der Waals surface area contributed by atoms with Gasteiger partial charge in [0.2, 0.25) is 0 Å². The SMILES string of the molecule is Cc1c(N)cc(Cl)cc1S(=O)(=O)Nc1ccc(Br)cn1. The molecule has 1 aromatic heterocycles. The molecule has 0 saturated heterocycles. The van der Waals surface area contributed by atoms with E-state index in [2.05, 4.69) is 25.6 Å². The molecule has 0 aliphatic heterocycles. The molecule has 0 spiro atoms. The van der Waals surface area contributed by atoms with E-state index in [1.807, 2.05) is 0 Å². The second-order valence-electron chi connectivity index (χ2n) is 4.09. The second-order valence-corrected chi connectivity index (χ2v) is 7.09. The van der Waals surface area contributed by atoms with Crippen LogP contribution in [0.5, 0.6) is 0 Å². The summed E-state index contributed by atoms with van der Waals surface area (Å²) >= 11 is 9.08. The largest absolute Gasteiger partial charge is 0.398 e. The first-order valence-electron chi connectivity index (χ1n) is 5.49. The van der Waals surface area contributed by atoms with Crippen LogP contribution in [-0.2, 0) is 10.0 Å². The van der Waals surface area contributed by atoms with Gasteiger partial charge in [0.1, 0.15) is 5.82 Å². The third-order valence-corrected chi connectivity index (χ3v) is 4.79. The summed E-state index contributed by atoms with van der Waals surface area (Å²) in [4.78, 5) is 4.00. The first-order valence-corrected chi connectivity index (χ1v) is 8.15. The smallest absolute Gasteiger partial charge is 0.263 e. The normalized spacial score (nSPS) is 11.3. The molecule has 5 nitrogen and oxygen atoms in total. The topological polar surface area (TPSA) is 85.1 Å². The molecule has 0 aliphatic carbocycles. The van der Waals surface area contributed by atoms with Crippen LogP contribution < -0.4 is 10.5 Å². The van der Waals surface area contributed by atoms with Gasteiger partial charge in [0.25, 0.3) is 10.0 Å². The van der Waals surface area contributed by atoms with Crippen LogP contribution >= 0.6 is 27.5 Å². The minimum Gasteiger partial charge on any atom is -0.398 e. The number of nitrogens with one attached hydrogen (secondary N) is 1. The van der Waals surface area contributed by atoms with Gasteiger partial charge in [0, 0.05) is 21.4 Å². The lowest BCUT2D eigenvalue weighted by Gasteiger charge is -2.12. The molecule has 0 atom stereocenters. The molecule has 0 saturated carbocycles. The molecule has 1 heterocycles. The number of pyridine rings is 1. The number of anilines is 2. The quantitative estimate of drug-likeness (QED) is 0.806. The molecule has 2 rings (SSSR count). The van der Waals surface area contributed by atoms with Crippen molar-refractivity contribution in [3.8, 4) is 0 Å². The summed E-state index contributed by atoms with van der Waals surface area (Å²) in [5, 5.41) is 0.261. The van der Waals surface area contributed by atoms with E-state index in [4.69, 9.17) is 17.3 Å². The average Bonchev–Trinajstić information content (AvgIpc) is 2.36. The van der Waals surface area contributed by atoms with Crippen LogP contribution in [0.2, 0.25) is 5.02 Å². The van der Waals surface area contributed by atoms with Gasteiger partial charge < -0.3 is 5.73 Å². The van der Waals surface area contributed by atoms with E-state index < -0.39 is 10.0 Å². The third kappa shape index (κ3) is 3.23. The molecule has 106 valence electrons. The Kier molecular flexibility index (Phi) is 4.22. The molecule has 0 unspecified atom stereocenters. The number of nitrogen functional groups attached to an aromatic ring is 1. The van der Waals surface area contributed by atoms with E-state index in [-0.39, 0.29) is 15.7 Å².